The molecule has 0 aliphatic heterocycles. The highest BCUT2D eigenvalue weighted by Crippen LogP contribution is 2.26. The van der Waals surface area contributed by atoms with Gasteiger partial charge in [0.15, 0.2) is 0 Å². The Morgan fingerprint density at radius 1 is 1.19 bits per heavy atom. The van der Waals surface area contributed by atoms with Crippen molar-refractivity contribution < 1.29 is 4.79 Å². The zero-order valence-electron chi connectivity index (χ0n) is 15.0. The number of halogens is 1. The van der Waals surface area contributed by atoms with E-state index in [9.17, 15) is 4.79 Å². The topological polar surface area (TPSA) is 61.9 Å². The molecule has 0 saturated heterocycles. The van der Waals surface area contributed by atoms with Gasteiger partial charge >= 0.3 is 0 Å². The Labute approximate surface area is 163 Å². The molecule has 1 aromatic heterocycles. The molecule has 0 bridgehead atoms. The van der Waals surface area contributed by atoms with Gasteiger partial charge in [-0.05, 0) is 24.3 Å². The molecule has 1 amide bonds. The van der Waals surface area contributed by atoms with Crippen LogP contribution in [0.2, 0.25) is 5.02 Å². The molecule has 0 aliphatic rings. The van der Waals surface area contributed by atoms with Gasteiger partial charge in [0, 0.05) is 35.9 Å². The number of nitriles is 1. The third kappa shape index (κ3) is 4.55. The van der Waals surface area contributed by atoms with E-state index in [1.807, 2.05) is 60.8 Å². The number of hydrogen-bond donors (Lipinski definition) is 0. The van der Waals surface area contributed by atoms with Gasteiger partial charge in [0.05, 0.1) is 30.3 Å². The third-order valence-corrected chi connectivity index (χ3v) is 4.51. The van der Waals surface area contributed by atoms with Gasteiger partial charge in [-0.2, -0.15) is 10.4 Å². The summed E-state index contributed by atoms with van der Waals surface area (Å²) in [4.78, 5) is 14.1. The maximum absolute atomic E-state index is 12.6. The quantitative estimate of drug-likeness (QED) is 0.648. The van der Waals surface area contributed by atoms with E-state index >= 15 is 0 Å². The lowest BCUT2D eigenvalue weighted by molar-refractivity contribution is -0.129. The average Bonchev–Trinajstić information content (AvgIpc) is 3.11. The first-order chi connectivity index (χ1) is 13.1. The summed E-state index contributed by atoms with van der Waals surface area (Å²) in [5.74, 6) is -0.0481. The molecular weight excluding hydrogens is 360 g/mol. The fraction of sp³-hybridized carbons (Fsp3) is 0.190. The zero-order chi connectivity index (χ0) is 19.2. The van der Waals surface area contributed by atoms with Crippen LogP contribution in [0.25, 0.3) is 16.9 Å². The normalized spacial score (nSPS) is 10.4. The summed E-state index contributed by atoms with van der Waals surface area (Å²) in [7, 11) is 1.71. The third-order valence-electron chi connectivity index (χ3n) is 4.25. The molecular formula is C21H19ClN4O. The van der Waals surface area contributed by atoms with E-state index in [1.54, 1.807) is 16.6 Å². The van der Waals surface area contributed by atoms with Crippen LogP contribution in [-0.2, 0) is 11.2 Å². The Kier molecular flexibility index (Phi) is 5.90. The summed E-state index contributed by atoms with van der Waals surface area (Å²) < 4.78 is 1.78. The first kappa shape index (κ1) is 18.7. The van der Waals surface area contributed by atoms with Gasteiger partial charge in [-0.1, -0.05) is 41.9 Å². The zero-order valence-corrected chi connectivity index (χ0v) is 15.7. The van der Waals surface area contributed by atoms with Crippen molar-refractivity contribution in [3.05, 3.63) is 71.4 Å². The number of benzene rings is 2. The van der Waals surface area contributed by atoms with Gasteiger partial charge in [0.1, 0.15) is 0 Å². The van der Waals surface area contributed by atoms with Crippen LogP contribution in [0.15, 0.2) is 60.8 Å². The van der Waals surface area contributed by atoms with Gasteiger partial charge in [0.2, 0.25) is 5.91 Å². The molecule has 0 unspecified atom stereocenters. The number of amides is 1. The molecule has 0 spiro atoms. The van der Waals surface area contributed by atoms with Gasteiger partial charge in [-0.3, -0.25) is 4.79 Å². The molecule has 0 atom stereocenters. The van der Waals surface area contributed by atoms with Crippen molar-refractivity contribution in [2.24, 2.45) is 0 Å². The molecule has 1 heterocycles. The molecule has 0 aliphatic carbocycles. The summed E-state index contributed by atoms with van der Waals surface area (Å²) in [6.45, 7) is 0.415. The summed E-state index contributed by atoms with van der Waals surface area (Å²) in [5, 5.41) is 14.1. The molecule has 3 aromatic rings. The lowest BCUT2D eigenvalue weighted by Crippen LogP contribution is -2.29. The fourth-order valence-electron chi connectivity index (χ4n) is 2.74. The largest absolute Gasteiger partial charge is 0.344 e. The lowest BCUT2D eigenvalue weighted by Gasteiger charge is -2.15. The van der Waals surface area contributed by atoms with Gasteiger partial charge in [0.25, 0.3) is 0 Å². The molecule has 3 rings (SSSR count). The number of aromatic nitrogens is 2. The predicted octanol–water partition coefficient (Wildman–Crippen LogP) is 4.11. The highest BCUT2D eigenvalue weighted by Gasteiger charge is 2.17. The number of carbonyl (C=O) groups is 1. The second-order valence-electron chi connectivity index (χ2n) is 6.19. The Bertz CT molecular complexity index is 958. The van der Waals surface area contributed by atoms with Crippen LogP contribution in [0, 0.1) is 11.3 Å². The van der Waals surface area contributed by atoms with Crippen LogP contribution in [-0.4, -0.2) is 34.2 Å². The van der Waals surface area contributed by atoms with Crippen LogP contribution in [0.1, 0.15) is 12.0 Å². The van der Waals surface area contributed by atoms with E-state index < -0.39 is 0 Å². The molecule has 0 saturated carbocycles. The molecule has 5 nitrogen and oxygen atoms in total. The number of rotatable bonds is 6. The standard InChI is InChI=1S/C21H19ClN4O/c1-25(13-5-12-23)20(27)14-17-15-26(19-6-3-2-4-7-19)24-21(17)16-8-10-18(22)11-9-16/h2-4,6-11,15H,5,13-14H2,1H3. The minimum Gasteiger partial charge on any atom is -0.344 e. The molecule has 0 radical (unpaired) electrons. The lowest BCUT2D eigenvalue weighted by atomic mass is 10.1. The Morgan fingerprint density at radius 3 is 2.56 bits per heavy atom. The van der Waals surface area contributed by atoms with E-state index in [4.69, 9.17) is 22.0 Å². The second-order valence-corrected chi connectivity index (χ2v) is 6.63. The van der Waals surface area contributed by atoms with E-state index in [-0.39, 0.29) is 12.3 Å². The summed E-state index contributed by atoms with van der Waals surface area (Å²) in [5.41, 5.74) is 3.40. The van der Waals surface area contributed by atoms with Crippen molar-refractivity contribution in [1.29, 1.82) is 5.26 Å². The molecule has 2 aromatic carbocycles. The highest BCUT2D eigenvalue weighted by molar-refractivity contribution is 6.30. The van der Waals surface area contributed by atoms with Gasteiger partial charge in [-0.25, -0.2) is 4.68 Å². The van der Waals surface area contributed by atoms with Crippen molar-refractivity contribution in [1.82, 2.24) is 14.7 Å². The maximum atomic E-state index is 12.6. The minimum absolute atomic E-state index is 0.0481. The first-order valence-corrected chi connectivity index (χ1v) is 8.97. The van der Waals surface area contributed by atoms with Crippen LogP contribution >= 0.6 is 11.6 Å². The van der Waals surface area contributed by atoms with Crippen molar-refractivity contribution in [3.63, 3.8) is 0 Å². The number of hydrogen-bond acceptors (Lipinski definition) is 3. The molecule has 27 heavy (non-hydrogen) atoms. The van der Waals surface area contributed by atoms with Crippen LogP contribution in [0.5, 0.6) is 0 Å². The van der Waals surface area contributed by atoms with Crippen molar-refractivity contribution in [2.45, 2.75) is 12.8 Å². The molecule has 6 heteroatoms. The van der Waals surface area contributed by atoms with Crippen molar-refractivity contribution >= 4 is 17.5 Å². The molecule has 0 fully saturated rings. The van der Waals surface area contributed by atoms with Gasteiger partial charge < -0.3 is 4.90 Å². The summed E-state index contributed by atoms with van der Waals surface area (Å²) >= 11 is 6.00. The Morgan fingerprint density at radius 2 is 1.89 bits per heavy atom. The maximum Gasteiger partial charge on any atom is 0.226 e. The van der Waals surface area contributed by atoms with E-state index in [0.717, 1.165) is 22.5 Å². The Hall–Kier alpha value is -3.10. The Balaban J connectivity index is 1.95. The molecule has 136 valence electrons. The summed E-state index contributed by atoms with van der Waals surface area (Å²) in [6, 6.07) is 19.2. The number of likely N-dealkylation sites (N-methyl/N-ethyl adjacent to an activating group) is 1. The van der Waals surface area contributed by atoms with Crippen LogP contribution in [0.3, 0.4) is 0 Å². The van der Waals surface area contributed by atoms with E-state index in [0.29, 0.717) is 18.0 Å². The van der Waals surface area contributed by atoms with Crippen LogP contribution < -0.4 is 0 Å². The van der Waals surface area contributed by atoms with E-state index in [2.05, 4.69) is 6.07 Å². The van der Waals surface area contributed by atoms with E-state index in [1.165, 1.54) is 0 Å². The molecule has 0 N–H and O–H groups in total. The second kappa shape index (κ2) is 8.52. The van der Waals surface area contributed by atoms with Crippen molar-refractivity contribution in [3.8, 4) is 23.0 Å². The monoisotopic (exact) mass is 378 g/mol. The number of nitrogens with zero attached hydrogens (tertiary/aromatic N) is 4. The van der Waals surface area contributed by atoms with Gasteiger partial charge in [-0.15, -0.1) is 0 Å². The first-order valence-electron chi connectivity index (χ1n) is 8.59. The fourth-order valence-corrected chi connectivity index (χ4v) is 2.87. The number of para-hydroxylation sites is 1. The van der Waals surface area contributed by atoms with Crippen molar-refractivity contribution in [2.75, 3.05) is 13.6 Å². The smallest absolute Gasteiger partial charge is 0.226 e. The minimum atomic E-state index is -0.0481. The average molecular weight is 379 g/mol. The summed E-state index contributed by atoms with van der Waals surface area (Å²) in [6.07, 6.45) is 2.41. The highest BCUT2D eigenvalue weighted by atomic mass is 35.5. The van der Waals surface area contributed by atoms with Crippen LogP contribution in [0.4, 0.5) is 0 Å². The SMILES string of the molecule is CN(CCC#N)C(=O)Cc1cn(-c2ccccc2)nc1-c1ccc(Cl)cc1. The number of carbonyl (C=O) groups excluding carboxylic acids is 1. The predicted molar refractivity (Wildman–Crippen MR) is 106 cm³/mol.